The summed E-state index contributed by atoms with van der Waals surface area (Å²) in [5, 5.41) is 2.62. The first-order valence-corrected chi connectivity index (χ1v) is 9.11. The molecule has 6 heteroatoms. The Morgan fingerprint density at radius 3 is 2.40 bits per heavy atom. The summed E-state index contributed by atoms with van der Waals surface area (Å²) < 4.78 is 14.3. The van der Waals surface area contributed by atoms with E-state index < -0.39 is 5.82 Å². The highest BCUT2D eigenvalue weighted by Crippen LogP contribution is 2.34. The summed E-state index contributed by atoms with van der Waals surface area (Å²) in [6, 6.07) is 4.59. The van der Waals surface area contributed by atoms with Gasteiger partial charge >= 0.3 is 0 Å². The van der Waals surface area contributed by atoms with Gasteiger partial charge in [0.25, 0.3) is 5.91 Å². The Balaban J connectivity index is 1.80. The number of anilines is 1. The maximum Gasteiger partial charge on any atom is 0.257 e. The number of amides is 2. The SMILES string of the molecule is CCN1CCC(N(C(=O)c2cc(NC(C)=O)ccc2F)C2CC2)CC1. The topological polar surface area (TPSA) is 52.6 Å². The molecule has 2 amide bonds. The predicted molar refractivity (Wildman–Crippen MR) is 95.0 cm³/mol. The van der Waals surface area contributed by atoms with E-state index in [-0.39, 0.29) is 29.5 Å². The summed E-state index contributed by atoms with van der Waals surface area (Å²) in [5.74, 6) is -1.02. The molecule has 1 aliphatic heterocycles. The molecule has 0 unspecified atom stereocenters. The van der Waals surface area contributed by atoms with E-state index in [0.29, 0.717) is 5.69 Å². The molecule has 1 saturated heterocycles. The molecule has 0 aromatic heterocycles. The van der Waals surface area contributed by atoms with Crippen LogP contribution in [0.3, 0.4) is 0 Å². The number of rotatable bonds is 5. The molecular formula is C19H26FN3O2. The monoisotopic (exact) mass is 347 g/mol. The first kappa shape index (κ1) is 17.9. The van der Waals surface area contributed by atoms with Crippen molar-refractivity contribution in [2.75, 3.05) is 25.0 Å². The van der Waals surface area contributed by atoms with Crippen molar-refractivity contribution in [1.82, 2.24) is 9.80 Å². The smallest absolute Gasteiger partial charge is 0.257 e. The second kappa shape index (κ2) is 7.52. The highest BCUT2D eigenvalue weighted by atomic mass is 19.1. The van der Waals surface area contributed by atoms with E-state index in [9.17, 15) is 14.0 Å². The number of carbonyl (C=O) groups excluding carboxylic acids is 2. The van der Waals surface area contributed by atoms with Crippen LogP contribution in [-0.2, 0) is 4.79 Å². The Morgan fingerprint density at radius 2 is 1.84 bits per heavy atom. The molecule has 1 aromatic carbocycles. The van der Waals surface area contributed by atoms with Gasteiger partial charge in [0, 0.05) is 37.8 Å². The Morgan fingerprint density at radius 1 is 1.20 bits per heavy atom. The number of hydrogen-bond acceptors (Lipinski definition) is 3. The number of nitrogens with zero attached hydrogens (tertiary/aromatic N) is 2. The van der Waals surface area contributed by atoms with Crippen LogP contribution in [0.15, 0.2) is 18.2 Å². The van der Waals surface area contributed by atoms with Crippen LogP contribution in [0.2, 0.25) is 0 Å². The average molecular weight is 347 g/mol. The van der Waals surface area contributed by atoms with Gasteiger partial charge in [-0.05, 0) is 50.4 Å². The molecular weight excluding hydrogens is 321 g/mol. The molecule has 0 atom stereocenters. The third-order valence-corrected chi connectivity index (χ3v) is 5.09. The maximum atomic E-state index is 14.3. The van der Waals surface area contributed by atoms with Crippen molar-refractivity contribution in [3.05, 3.63) is 29.6 Å². The Kier molecular flexibility index (Phi) is 5.37. The lowest BCUT2D eigenvalue weighted by atomic mass is 10.0. The number of carbonyl (C=O) groups is 2. The molecule has 2 aliphatic rings. The van der Waals surface area contributed by atoms with Gasteiger partial charge in [-0.15, -0.1) is 0 Å². The van der Waals surface area contributed by atoms with Gasteiger partial charge in [0.1, 0.15) is 5.82 Å². The number of nitrogens with one attached hydrogen (secondary N) is 1. The zero-order chi connectivity index (χ0) is 18.0. The van der Waals surface area contributed by atoms with E-state index in [1.54, 1.807) is 0 Å². The van der Waals surface area contributed by atoms with Gasteiger partial charge in [-0.1, -0.05) is 6.92 Å². The van der Waals surface area contributed by atoms with Gasteiger partial charge in [-0.25, -0.2) is 4.39 Å². The van der Waals surface area contributed by atoms with Gasteiger partial charge in [-0.3, -0.25) is 9.59 Å². The van der Waals surface area contributed by atoms with Gasteiger partial charge in [0.05, 0.1) is 5.56 Å². The predicted octanol–water partition coefficient (Wildman–Crippen LogP) is 2.87. The van der Waals surface area contributed by atoms with E-state index in [1.807, 2.05) is 4.90 Å². The summed E-state index contributed by atoms with van der Waals surface area (Å²) >= 11 is 0. The zero-order valence-electron chi connectivity index (χ0n) is 14.9. The highest BCUT2D eigenvalue weighted by molar-refractivity contribution is 5.97. The average Bonchev–Trinajstić information content (AvgIpc) is 3.42. The molecule has 1 saturated carbocycles. The van der Waals surface area contributed by atoms with Crippen molar-refractivity contribution in [1.29, 1.82) is 0 Å². The van der Waals surface area contributed by atoms with Gasteiger partial charge < -0.3 is 15.1 Å². The summed E-state index contributed by atoms with van der Waals surface area (Å²) in [7, 11) is 0. The third-order valence-electron chi connectivity index (χ3n) is 5.09. The van der Waals surface area contributed by atoms with Crippen LogP contribution in [0.1, 0.15) is 49.9 Å². The molecule has 1 aromatic rings. The highest BCUT2D eigenvalue weighted by Gasteiger charge is 2.39. The van der Waals surface area contributed by atoms with E-state index in [0.717, 1.165) is 45.3 Å². The fourth-order valence-corrected chi connectivity index (χ4v) is 3.61. The van der Waals surface area contributed by atoms with Crippen LogP contribution in [-0.4, -0.2) is 53.3 Å². The number of likely N-dealkylation sites (tertiary alicyclic amines) is 1. The van der Waals surface area contributed by atoms with E-state index in [2.05, 4.69) is 17.1 Å². The zero-order valence-corrected chi connectivity index (χ0v) is 14.9. The lowest BCUT2D eigenvalue weighted by Gasteiger charge is -2.38. The Bertz CT molecular complexity index is 652. The number of piperidine rings is 1. The van der Waals surface area contributed by atoms with Crippen LogP contribution >= 0.6 is 0 Å². The van der Waals surface area contributed by atoms with Crippen molar-refractivity contribution in [2.24, 2.45) is 0 Å². The minimum atomic E-state index is -0.532. The van der Waals surface area contributed by atoms with Crippen LogP contribution in [0.5, 0.6) is 0 Å². The number of benzene rings is 1. The molecule has 0 radical (unpaired) electrons. The third kappa shape index (κ3) is 4.18. The molecule has 25 heavy (non-hydrogen) atoms. The molecule has 1 heterocycles. The lowest BCUT2D eigenvalue weighted by molar-refractivity contribution is -0.114. The van der Waals surface area contributed by atoms with E-state index in [4.69, 9.17) is 0 Å². The first-order valence-electron chi connectivity index (χ1n) is 9.11. The second-order valence-corrected chi connectivity index (χ2v) is 6.98. The van der Waals surface area contributed by atoms with Crippen LogP contribution in [0.25, 0.3) is 0 Å². The molecule has 2 fully saturated rings. The van der Waals surface area contributed by atoms with Crippen molar-refractivity contribution in [3.8, 4) is 0 Å². The van der Waals surface area contributed by atoms with Crippen LogP contribution in [0, 0.1) is 5.82 Å². The number of hydrogen-bond donors (Lipinski definition) is 1. The van der Waals surface area contributed by atoms with Crippen molar-refractivity contribution in [3.63, 3.8) is 0 Å². The van der Waals surface area contributed by atoms with Gasteiger partial charge in [0.15, 0.2) is 0 Å². The number of halogens is 1. The molecule has 1 N–H and O–H groups in total. The van der Waals surface area contributed by atoms with E-state index >= 15 is 0 Å². The summed E-state index contributed by atoms with van der Waals surface area (Å²) in [4.78, 5) is 28.6. The quantitative estimate of drug-likeness (QED) is 0.891. The summed E-state index contributed by atoms with van der Waals surface area (Å²) in [6.45, 7) is 6.52. The standard InChI is InChI=1S/C19H26FN3O2/c1-3-22-10-8-16(9-11-22)23(15-5-6-15)19(25)17-12-14(21-13(2)24)4-7-18(17)20/h4,7,12,15-16H,3,5-6,8-11H2,1-2H3,(H,21,24). The largest absolute Gasteiger partial charge is 0.332 e. The van der Waals surface area contributed by atoms with Gasteiger partial charge in [0.2, 0.25) is 5.91 Å². The molecule has 5 nitrogen and oxygen atoms in total. The maximum absolute atomic E-state index is 14.3. The lowest BCUT2D eigenvalue weighted by Crippen LogP contribution is -2.48. The Hall–Kier alpha value is -1.95. The molecule has 3 rings (SSSR count). The van der Waals surface area contributed by atoms with Crippen LogP contribution in [0.4, 0.5) is 10.1 Å². The molecule has 0 spiro atoms. The summed E-state index contributed by atoms with van der Waals surface area (Å²) in [5.41, 5.74) is 0.505. The van der Waals surface area contributed by atoms with Crippen molar-refractivity contribution < 1.29 is 14.0 Å². The normalized spacial score (nSPS) is 18.8. The Labute approximate surface area is 148 Å². The van der Waals surface area contributed by atoms with Crippen molar-refractivity contribution in [2.45, 2.75) is 51.6 Å². The fourth-order valence-electron chi connectivity index (χ4n) is 3.61. The minimum absolute atomic E-state index is 0.0519. The molecule has 1 aliphatic carbocycles. The van der Waals surface area contributed by atoms with Crippen molar-refractivity contribution >= 4 is 17.5 Å². The van der Waals surface area contributed by atoms with E-state index in [1.165, 1.54) is 25.1 Å². The van der Waals surface area contributed by atoms with Gasteiger partial charge in [-0.2, -0.15) is 0 Å². The fraction of sp³-hybridized carbons (Fsp3) is 0.579. The summed E-state index contributed by atoms with van der Waals surface area (Å²) in [6.07, 6.45) is 3.85. The minimum Gasteiger partial charge on any atom is -0.332 e. The first-order chi connectivity index (χ1) is 12.0. The molecule has 0 bridgehead atoms. The van der Waals surface area contributed by atoms with Crippen LogP contribution < -0.4 is 5.32 Å². The molecule has 136 valence electrons. The second-order valence-electron chi connectivity index (χ2n) is 6.98.